The number of rotatable bonds is 13. The van der Waals surface area contributed by atoms with E-state index >= 15 is 0 Å². The highest BCUT2D eigenvalue weighted by Crippen LogP contribution is 2.64. The zero-order chi connectivity index (χ0) is 30.6. The number of nitrogens with two attached hydrogens (primary N) is 1. The van der Waals surface area contributed by atoms with Gasteiger partial charge in [-0.15, -0.1) is 24.2 Å². The van der Waals surface area contributed by atoms with E-state index in [1.54, 1.807) is 19.1 Å². The summed E-state index contributed by atoms with van der Waals surface area (Å²) < 4.78 is 34.5. The van der Waals surface area contributed by atoms with Crippen molar-refractivity contribution in [3.05, 3.63) is 29.6 Å². The molecule has 0 heterocycles. The number of aliphatic hydroxyl groups excluding tert-OH is 1. The Labute approximate surface area is 261 Å². The molecule has 6 atom stereocenters. The van der Waals surface area contributed by atoms with Crippen molar-refractivity contribution < 1.29 is 47.6 Å². The van der Waals surface area contributed by atoms with E-state index in [0.717, 1.165) is 30.6 Å². The summed E-state index contributed by atoms with van der Waals surface area (Å²) >= 11 is 1.29. The highest BCUT2D eigenvalue weighted by molar-refractivity contribution is 7.99. The third kappa shape index (κ3) is 7.46. The lowest BCUT2D eigenvalue weighted by Gasteiger charge is -2.34. The number of esters is 4. The molecule has 240 valence electrons. The van der Waals surface area contributed by atoms with Crippen LogP contribution in [0.4, 0.5) is 4.39 Å². The Kier molecular flexibility index (Phi) is 12.3. The van der Waals surface area contributed by atoms with Gasteiger partial charge in [-0.25, -0.2) is 9.18 Å². The first-order chi connectivity index (χ1) is 20.0. The number of benzene rings is 1. The van der Waals surface area contributed by atoms with Gasteiger partial charge in [0, 0.05) is 28.4 Å². The quantitative estimate of drug-likeness (QED) is 0.182. The number of thioether (sulfide) groups is 1. The molecule has 3 saturated carbocycles. The third-order valence-corrected chi connectivity index (χ3v) is 10.1. The number of fused-ring (bicyclic) bond motifs is 1. The first-order valence-electron chi connectivity index (χ1n) is 14.6. The van der Waals surface area contributed by atoms with E-state index in [1.807, 2.05) is 13.8 Å². The van der Waals surface area contributed by atoms with Gasteiger partial charge in [0.2, 0.25) is 13.6 Å². The molecule has 3 aliphatic carbocycles. The van der Waals surface area contributed by atoms with Crippen molar-refractivity contribution in [2.75, 3.05) is 19.3 Å². The number of aryl methyl sites for hydroxylation is 1. The second-order valence-corrected chi connectivity index (χ2v) is 12.5. The third-order valence-electron chi connectivity index (χ3n) is 9.03. The Morgan fingerprint density at radius 2 is 1.67 bits per heavy atom. The predicted molar refractivity (Wildman–Crippen MR) is 156 cm³/mol. The Morgan fingerprint density at radius 3 is 2.30 bits per heavy atom. The maximum absolute atomic E-state index is 13.8. The molecule has 0 bridgehead atoms. The molecule has 10 nitrogen and oxygen atoms in total. The van der Waals surface area contributed by atoms with Gasteiger partial charge in [0.15, 0.2) is 0 Å². The Hall–Kier alpha value is -2.41. The van der Waals surface area contributed by atoms with Gasteiger partial charge < -0.3 is 29.8 Å². The van der Waals surface area contributed by atoms with Crippen LogP contribution in [0, 0.1) is 48.2 Å². The van der Waals surface area contributed by atoms with Crippen molar-refractivity contribution in [1.82, 2.24) is 0 Å². The van der Waals surface area contributed by atoms with Gasteiger partial charge >= 0.3 is 23.9 Å². The Morgan fingerprint density at radius 1 is 1.05 bits per heavy atom. The second-order valence-electron chi connectivity index (χ2n) is 11.4. The summed E-state index contributed by atoms with van der Waals surface area (Å²) in [6.45, 7) is 4.13. The summed E-state index contributed by atoms with van der Waals surface area (Å²) in [7, 11) is 0. The number of ether oxygens (including phenoxy) is 4. The van der Waals surface area contributed by atoms with Gasteiger partial charge in [-0.3, -0.25) is 14.4 Å². The number of hydrogen-bond acceptors (Lipinski definition) is 11. The summed E-state index contributed by atoms with van der Waals surface area (Å²) in [5, 5.41) is 11.2. The van der Waals surface area contributed by atoms with E-state index in [2.05, 4.69) is 0 Å². The lowest BCUT2D eigenvalue weighted by atomic mass is 9.81. The van der Waals surface area contributed by atoms with Crippen LogP contribution in [0.15, 0.2) is 23.1 Å². The standard InChI is InChI=1S/C30H40FNO9S.ClH/c1-4-17(5-2)26(34)39-15-41-29(37)30(32)20(13-42-19-10-11-21(31)16(3)12-19)25(33)22-23(24(22)30)28(36)40-14-38-27(35)18-8-6-7-9-18;/h10-12,17-18,20,22-25,33H,4-9,13-15,32H2,1-3H3;1H/t20-,22+,23+,24+,25-,30+;/m1./s1. The van der Waals surface area contributed by atoms with Crippen LogP contribution in [0.5, 0.6) is 0 Å². The van der Waals surface area contributed by atoms with Crippen molar-refractivity contribution in [2.45, 2.75) is 75.8 Å². The van der Waals surface area contributed by atoms with Crippen LogP contribution >= 0.6 is 24.2 Å². The fourth-order valence-corrected chi connectivity index (χ4v) is 7.69. The lowest BCUT2D eigenvalue weighted by Crippen LogP contribution is -2.59. The second kappa shape index (κ2) is 15.0. The average Bonchev–Trinajstić information content (AvgIpc) is 3.38. The molecule has 4 rings (SSSR count). The minimum atomic E-state index is -1.79. The van der Waals surface area contributed by atoms with Crippen molar-refractivity contribution >= 4 is 48.0 Å². The van der Waals surface area contributed by atoms with E-state index in [0.29, 0.717) is 18.4 Å². The minimum Gasteiger partial charge on any atom is -0.428 e. The van der Waals surface area contributed by atoms with E-state index < -0.39 is 72.8 Å². The summed E-state index contributed by atoms with van der Waals surface area (Å²) in [4.78, 5) is 51.5. The number of aliphatic hydroxyl groups is 1. The summed E-state index contributed by atoms with van der Waals surface area (Å²) in [6.07, 6.45) is 3.39. The Balaban J connectivity index is 0.00000506. The summed E-state index contributed by atoms with van der Waals surface area (Å²) in [5.41, 5.74) is 5.37. The topological polar surface area (TPSA) is 151 Å². The van der Waals surface area contributed by atoms with Crippen molar-refractivity contribution in [2.24, 2.45) is 41.2 Å². The highest BCUT2D eigenvalue weighted by atomic mass is 35.5. The van der Waals surface area contributed by atoms with E-state index in [9.17, 15) is 28.7 Å². The molecule has 13 heteroatoms. The molecule has 3 aliphatic rings. The average molecular weight is 646 g/mol. The van der Waals surface area contributed by atoms with Gasteiger partial charge in [-0.2, -0.15) is 0 Å². The minimum absolute atomic E-state index is 0. The Bertz CT molecular complexity index is 1180. The fourth-order valence-electron chi connectivity index (χ4n) is 6.42. The van der Waals surface area contributed by atoms with Gasteiger partial charge in [-0.05, 0) is 56.4 Å². The molecular weight excluding hydrogens is 605 g/mol. The molecule has 0 unspecified atom stereocenters. The number of hydrogen-bond donors (Lipinski definition) is 2. The highest BCUT2D eigenvalue weighted by Gasteiger charge is 2.78. The van der Waals surface area contributed by atoms with Crippen molar-refractivity contribution in [3.8, 4) is 0 Å². The number of carbonyl (C=O) groups is 4. The summed E-state index contributed by atoms with van der Waals surface area (Å²) in [5.74, 6) is -6.44. The van der Waals surface area contributed by atoms with Crippen LogP contribution in [-0.4, -0.2) is 60.0 Å². The van der Waals surface area contributed by atoms with Crippen molar-refractivity contribution in [3.63, 3.8) is 0 Å². The molecule has 1 aromatic rings. The predicted octanol–water partition coefficient (Wildman–Crippen LogP) is 3.91. The van der Waals surface area contributed by atoms with Crippen LogP contribution in [0.2, 0.25) is 0 Å². The monoisotopic (exact) mass is 645 g/mol. The van der Waals surface area contributed by atoms with Crippen LogP contribution in [-0.2, 0) is 38.1 Å². The first-order valence-corrected chi connectivity index (χ1v) is 15.6. The molecule has 1 aromatic carbocycles. The molecule has 3 fully saturated rings. The largest absolute Gasteiger partial charge is 0.428 e. The zero-order valence-electron chi connectivity index (χ0n) is 24.6. The van der Waals surface area contributed by atoms with Gasteiger partial charge in [0.25, 0.3) is 0 Å². The van der Waals surface area contributed by atoms with E-state index in [4.69, 9.17) is 24.7 Å². The lowest BCUT2D eigenvalue weighted by molar-refractivity contribution is -0.176. The van der Waals surface area contributed by atoms with Gasteiger partial charge in [0.1, 0.15) is 11.4 Å². The maximum atomic E-state index is 13.8. The molecule has 0 radical (unpaired) electrons. The molecule has 0 spiro atoms. The molecule has 3 N–H and O–H groups in total. The normalized spacial score (nSPS) is 27.7. The zero-order valence-corrected chi connectivity index (χ0v) is 26.3. The first kappa shape index (κ1) is 35.1. The van der Waals surface area contributed by atoms with Gasteiger partial charge in [-0.1, -0.05) is 26.7 Å². The molecule has 0 saturated heterocycles. The molecular formula is C30H41ClFNO9S. The number of halogens is 2. The van der Waals surface area contributed by atoms with Crippen LogP contribution in [0.25, 0.3) is 0 Å². The van der Waals surface area contributed by atoms with E-state index in [-0.39, 0.29) is 35.8 Å². The van der Waals surface area contributed by atoms with Gasteiger partial charge in [0.05, 0.1) is 23.9 Å². The smallest absolute Gasteiger partial charge is 0.329 e. The van der Waals surface area contributed by atoms with Crippen LogP contribution in [0.3, 0.4) is 0 Å². The van der Waals surface area contributed by atoms with E-state index in [1.165, 1.54) is 17.8 Å². The molecule has 43 heavy (non-hydrogen) atoms. The van der Waals surface area contributed by atoms with Crippen LogP contribution < -0.4 is 5.73 Å². The number of carbonyl (C=O) groups excluding carboxylic acids is 4. The molecule has 0 aromatic heterocycles. The van der Waals surface area contributed by atoms with Crippen LogP contribution in [0.1, 0.15) is 57.9 Å². The molecule has 0 aliphatic heterocycles. The summed E-state index contributed by atoms with van der Waals surface area (Å²) in [6, 6.07) is 4.59. The fraction of sp³-hybridized carbons (Fsp3) is 0.667. The molecule has 0 amide bonds. The van der Waals surface area contributed by atoms with Crippen molar-refractivity contribution in [1.29, 1.82) is 0 Å². The SMILES string of the molecule is CCC(CC)C(=O)OCOC(=O)[C@@]1(N)[C@@H]2[C@@H](C(=O)OCOC(=O)C3CCCC3)[C@@H]2[C@H](O)[C@H]1CSc1ccc(F)c(C)c1.Cl. The maximum Gasteiger partial charge on any atom is 0.329 e.